The lowest BCUT2D eigenvalue weighted by Gasteiger charge is -2.29. The van der Waals surface area contributed by atoms with E-state index in [0.29, 0.717) is 11.7 Å². The van der Waals surface area contributed by atoms with E-state index in [0.717, 1.165) is 19.5 Å². The van der Waals surface area contributed by atoms with Crippen molar-refractivity contribution >= 4 is 5.78 Å². The first-order chi connectivity index (χ1) is 6.82. The Labute approximate surface area is 94.0 Å². The summed E-state index contributed by atoms with van der Waals surface area (Å²) in [6, 6.07) is 0.187. The molecule has 1 aliphatic heterocycles. The molecule has 0 aromatic rings. The van der Waals surface area contributed by atoms with Gasteiger partial charge < -0.3 is 0 Å². The van der Waals surface area contributed by atoms with Gasteiger partial charge in [0.25, 0.3) is 0 Å². The van der Waals surface area contributed by atoms with Crippen molar-refractivity contribution in [1.82, 2.24) is 4.90 Å². The smallest absolute Gasteiger partial charge is 0.155 e. The number of Topliss-reactive ketones (excluding diaryl/α,β-unsaturated/α-hetero) is 1. The van der Waals surface area contributed by atoms with Gasteiger partial charge in [0.15, 0.2) is 5.78 Å². The maximum atomic E-state index is 12.2. The van der Waals surface area contributed by atoms with Crippen LogP contribution in [0.15, 0.2) is 0 Å². The average molecular weight is 211 g/mol. The predicted molar refractivity (Wildman–Crippen MR) is 63.9 cm³/mol. The normalized spacial score (nSPS) is 23.7. The van der Waals surface area contributed by atoms with Crippen LogP contribution in [-0.2, 0) is 4.79 Å². The zero-order valence-corrected chi connectivity index (χ0v) is 10.8. The van der Waals surface area contributed by atoms with Gasteiger partial charge >= 0.3 is 0 Å². The van der Waals surface area contributed by atoms with Crippen LogP contribution in [0.4, 0.5) is 0 Å². The van der Waals surface area contributed by atoms with Crippen molar-refractivity contribution in [3.8, 4) is 0 Å². The highest BCUT2D eigenvalue weighted by Crippen LogP contribution is 2.27. The molecule has 88 valence electrons. The summed E-state index contributed by atoms with van der Waals surface area (Å²) in [5.41, 5.74) is -0.190. The topological polar surface area (TPSA) is 20.3 Å². The van der Waals surface area contributed by atoms with Gasteiger partial charge in [-0.2, -0.15) is 0 Å². The van der Waals surface area contributed by atoms with Gasteiger partial charge in [0.05, 0.1) is 6.04 Å². The minimum atomic E-state index is -0.190. The summed E-state index contributed by atoms with van der Waals surface area (Å²) in [5, 5.41) is 0. The van der Waals surface area contributed by atoms with Crippen LogP contribution in [0.2, 0.25) is 0 Å². The highest BCUT2D eigenvalue weighted by atomic mass is 16.1. The lowest BCUT2D eigenvalue weighted by molar-refractivity contribution is -0.131. The number of nitrogens with zero attached hydrogens (tertiary/aromatic N) is 1. The summed E-state index contributed by atoms with van der Waals surface area (Å²) < 4.78 is 0. The van der Waals surface area contributed by atoms with E-state index in [9.17, 15) is 4.79 Å². The number of ketones is 1. The Morgan fingerprint density at radius 2 is 2.00 bits per heavy atom. The number of carbonyl (C=O) groups excluding carboxylic acids is 1. The Morgan fingerprint density at radius 3 is 2.47 bits per heavy atom. The van der Waals surface area contributed by atoms with E-state index >= 15 is 0 Å². The van der Waals surface area contributed by atoms with Gasteiger partial charge in [-0.05, 0) is 25.3 Å². The summed E-state index contributed by atoms with van der Waals surface area (Å²) in [6.45, 7) is 12.7. The molecule has 0 bridgehead atoms. The molecule has 1 heterocycles. The number of hydrogen-bond donors (Lipinski definition) is 0. The molecule has 0 aliphatic carbocycles. The van der Waals surface area contributed by atoms with E-state index in [1.807, 2.05) is 20.8 Å². The molecule has 2 heteroatoms. The van der Waals surface area contributed by atoms with Crippen molar-refractivity contribution in [2.45, 2.75) is 53.5 Å². The van der Waals surface area contributed by atoms with Crippen molar-refractivity contribution in [1.29, 1.82) is 0 Å². The van der Waals surface area contributed by atoms with E-state index in [1.165, 1.54) is 6.42 Å². The first-order valence-electron chi connectivity index (χ1n) is 6.10. The minimum absolute atomic E-state index is 0.187. The zero-order valence-electron chi connectivity index (χ0n) is 10.8. The second kappa shape index (κ2) is 4.65. The van der Waals surface area contributed by atoms with Gasteiger partial charge in [-0.15, -0.1) is 0 Å². The predicted octanol–water partition coefficient (Wildman–Crippen LogP) is 2.72. The van der Waals surface area contributed by atoms with Gasteiger partial charge in [0, 0.05) is 12.0 Å². The fourth-order valence-electron chi connectivity index (χ4n) is 2.31. The highest BCUT2D eigenvalue weighted by molar-refractivity contribution is 5.88. The summed E-state index contributed by atoms with van der Waals surface area (Å²) in [6.07, 6.45) is 2.24. The zero-order chi connectivity index (χ0) is 11.6. The van der Waals surface area contributed by atoms with Crippen molar-refractivity contribution in [3.05, 3.63) is 0 Å². The number of likely N-dealkylation sites (tertiary alicyclic amines) is 1. The monoisotopic (exact) mass is 211 g/mol. The summed E-state index contributed by atoms with van der Waals surface area (Å²) in [5.74, 6) is 1.07. The maximum absolute atomic E-state index is 12.2. The molecule has 1 saturated heterocycles. The third-order valence-corrected chi connectivity index (χ3v) is 3.01. The fraction of sp³-hybridized carbons (Fsp3) is 0.923. The molecule has 0 N–H and O–H groups in total. The van der Waals surface area contributed by atoms with E-state index in [4.69, 9.17) is 0 Å². The summed E-state index contributed by atoms with van der Waals surface area (Å²) in [7, 11) is 0. The lowest BCUT2D eigenvalue weighted by atomic mass is 9.85. The van der Waals surface area contributed by atoms with Crippen LogP contribution in [0.5, 0.6) is 0 Å². The SMILES string of the molecule is CC(C)CN1CCC[C@H]1C(=O)C(C)(C)C. The molecule has 0 aromatic heterocycles. The fourth-order valence-corrected chi connectivity index (χ4v) is 2.31. The Balaban J connectivity index is 2.64. The van der Waals surface area contributed by atoms with Crippen molar-refractivity contribution in [2.24, 2.45) is 11.3 Å². The van der Waals surface area contributed by atoms with E-state index in [1.54, 1.807) is 0 Å². The first kappa shape index (κ1) is 12.7. The first-order valence-corrected chi connectivity index (χ1v) is 6.10. The summed E-state index contributed by atoms with van der Waals surface area (Å²) >= 11 is 0. The van der Waals surface area contributed by atoms with Crippen LogP contribution in [-0.4, -0.2) is 29.8 Å². The minimum Gasteiger partial charge on any atom is -0.297 e. The third-order valence-electron chi connectivity index (χ3n) is 3.01. The van der Waals surface area contributed by atoms with Crippen LogP contribution in [0, 0.1) is 11.3 Å². The molecule has 0 radical (unpaired) electrons. The molecule has 0 unspecified atom stereocenters. The maximum Gasteiger partial charge on any atom is 0.155 e. The molecule has 0 spiro atoms. The third kappa shape index (κ3) is 3.30. The van der Waals surface area contributed by atoms with Crippen molar-refractivity contribution in [3.63, 3.8) is 0 Å². The van der Waals surface area contributed by atoms with Crippen molar-refractivity contribution < 1.29 is 4.79 Å². The van der Waals surface area contributed by atoms with Gasteiger partial charge in [-0.3, -0.25) is 9.69 Å². The molecule has 1 aliphatic rings. The second-order valence-corrected chi connectivity index (χ2v) is 6.16. The molecule has 0 saturated carbocycles. The molecule has 2 nitrogen and oxygen atoms in total. The Kier molecular flexibility index (Phi) is 3.93. The molecule has 0 aromatic carbocycles. The average Bonchev–Trinajstić information content (AvgIpc) is 2.48. The molecule has 1 rings (SSSR count). The van der Waals surface area contributed by atoms with Crippen LogP contribution < -0.4 is 0 Å². The van der Waals surface area contributed by atoms with E-state index in [-0.39, 0.29) is 11.5 Å². The lowest BCUT2D eigenvalue weighted by Crippen LogP contribution is -2.43. The van der Waals surface area contributed by atoms with Gasteiger partial charge in [0.1, 0.15) is 0 Å². The van der Waals surface area contributed by atoms with Gasteiger partial charge in [0.2, 0.25) is 0 Å². The van der Waals surface area contributed by atoms with Gasteiger partial charge in [-0.1, -0.05) is 34.6 Å². The summed E-state index contributed by atoms with van der Waals surface area (Å²) in [4.78, 5) is 14.6. The van der Waals surface area contributed by atoms with E-state index in [2.05, 4.69) is 18.7 Å². The molecular weight excluding hydrogens is 186 g/mol. The number of rotatable bonds is 3. The molecule has 1 fully saturated rings. The van der Waals surface area contributed by atoms with Crippen molar-refractivity contribution in [2.75, 3.05) is 13.1 Å². The number of carbonyl (C=O) groups is 1. The quantitative estimate of drug-likeness (QED) is 0.715. The second-order valence-electron chi connectivity index (χ2n) is 6.16. The molecule has 0 amide bonds. The Morgan fingerprint density at radius 1 is 1.40 bits per heavy atom. The Bertz CT molecular complexity index is 227. The van der Waals surface area contributed by atoms with E-state index < -0.39 is 0 Å². The van der Waals surface area contributed by atoms with Crippen LogP contribution in [0.1, 0.15) is 47.5 Å². The molecule has 15 heavy (non-hydrogen) atoms. The Hall–Kier alpha value is -0.370. The highest BCUT2D eigenvalue weighted by Gasteiger charge is 2.36. The standard InChI is InChI=1S/C13H25NO/c1-10(2)9-14-8-6-7-11(14)12(15)13(3,4)5/h10-11H,6-9H2,1-5H3/t11-/m0/s1. The molecular formula is C13H25NO. The van der Waals surface area contributed by atoms with Crippen LogP contribution in [0.3, 0.4) is 0 Å². The number of hydrogen-bond acceptors (Lipinski definition) is 2. The largest absolute Gasteiger partial charge is 0.297 e. The molecule has 1 atom stereocenters. The van der Waals surface area contributed by atoms with Crippen LogP contribution >= 0.6 is 0 Å². The van der Waals surface area contributed by atoms with Crippen LogP contribution in [0.25, 0.3) is 0 Å². The van der Waals surface area contributed by atoms with Gasteiger partial charge in [-0.25, -0.2) is 0 Å².